The molecule has 0 aromatic heterocycles. The van der Waals surface area contributed by atoms with Crippen LogP contribution in [0.3, 0.4) is 0 Å². The molecule has 0 saturated heterocycles. The highest BCUT2D eigenvalue weighted by Crippen LogP contribution is 2.18. The van der Waals surface area contributed by atoms with E-state index in [0.717, 1.165) is 5.56 Å². The third kappa shape index (κ3) is 7.27. The van der Waals surface area contributed by atoms with Gasteiger partial charge in [-0.1, -0.05) is 85.8 Å². The zero-order valence-corrected chi connectivity index (χ0v) is 17.7. The number of carbonyl (C=O) groups excluding carboxylic acids is 3. The molecule has 3 rings (SSSR count). The number of hydrogen-bond donors (Lipinski definition) is 3. The van der Waals surface area contributed by atoms with Crippen LogP contribution in [-0.2, 0) is 9.59 Å². The zero-order valence-electron chi connectivity index (χ0n) is 17.7. The molecule has 0 fully saturated rings. The molecule has 0 aliphatic heterocycles. The van der Waals surface area contributed by atoms with Gasteiger partial charge < -0.3 is 25.1 Å². The molecule has 32 heavy (non-hydrogen) atoms. The van der Waals surface area contributed by atoms with Crippen molar-refractivity contribution in [2.45, 2.75) is 31.1 Å². The first-order valence-electron chi connectivity index (χ1n) is 10.2. The molecule has 1 amide bonds. The molecule has 166 valence electrons. The van der Waals surface area contributed by atoms with Gasteiger partial charge in [-0.15, -0.1) is 0 Å². The lowest BCUT2D eigenvalue weighted by Gasteiger charge is -2.21. The van der Waals surface area contributed by atoms with Gasteiger partial charge in [0.2, 0.25) is 0 Å². The Hall–Kier alpha value is -3.61. The van der Waals surface area contributed by atoms with Gasteiger partial charge in [0.25, 0.3) is 5.91 Å². The average molecular weight is 434 g/mol. The van der Waals surface area contributed by atoms with E-state index in [4.69, 9.17) is 0 Å². The summed E-state index contributed by atoms with van der Waals surface area (Å²) in [5.41, 5.74) is 2.14. The van der Waals surface area contributed by atoms with Gasteiger partial charge in [0.05, 0.1) is 6.04 Å². The van der Waals surface area contributed by atoms with E-state index in [1.165, 1.54) is 0 Å². The highest BCUT2D eigenvalue weighted by atomic mass is 16.3. The monoisotopic (exact) mass is 433 g/mol. The highest BCUT2D eigenvalue weighted by molar-refractivity contribution is 5.94. The minimum atomic E-state index is -1.29. The highest BCUT2D eigenvalue weighted by Gasteiger charge is 2.23. The normalized spacial score (nSPS) is 14.0. The van der Waals surface area contributed by atoms with Crippen molar-refractivity contribution < 1.29 is 24.6 Å². The van der Waals surface area contributed by atoms with Crippen molar-refractivity contribution in [1.29, 1.82) is 0 Å². The Labute approximate surface area is 187 Å². The SMILES string of the molecule is C[C@@H](c1ccccc1)[C@@H](O)C=O.O=C[C@H](O)[C@@H](NC(=O)c1ccccc1)c1ccccc1. The largest absolute Gasteiger partial charge is 0.385 e. The van der Waals surface area contributed by atoms with Crippen LogP contribution in [0, 0.1) is 0 Å². The third-order valence-electron chi connectivity index (χ3n) is 4.94. The average Bonchev–Trinajstić information content (AvgIpc) is 2.87. The molecule has 0 spiro atoms. The van der Waals surface area contributed by atoms with Crippen LogP contribution in [0.2, 0.25) is 0 Å². The lowest BCUT2D eigenvalue weighted by atomic mass is 9.96. The number of rotatable bonds is 8. The maximum atomic E-state index is 12.1. The van der Waals surface area contributed by atoms with Crippen molar-refractivity contribution in [3.63, 3.8) is 0 Å². The lowest BCUT2D eigenvalue weighted by Crippen LogP contribution is -2.37. The summed E-state index contributed by atoms with van der Waals surface area (Å²) in [5.74, 6) is -0.455. The Bertz CT molecular complexity index is 963. The van der Waals surface area contributed by atoms with Gasteiger partial charge >= 0.3 is 0 Å². The minimum Gasteiger partial charge on any atom is -0.385 e. The number of hydrogen-bond acceptors (Lipinski definition) is 5. The number of aliphatic hydroxyl groups excluding tert-OH is 2. The second-order valence-electron chi connectivity index (χ2n) is 7.18. The van der Waals surface area contributed by atoms with Gasteiger partial charge in [-0.05, 0) is 23.3 Å². The van der Waals surface area contributed by atoms with E-state index in [0.29, 0.717) is 23.7 Å². The molecule has 0 radical (unpaired) electrons. The van der Waals surface area contributed by atoms with Crippen LogP contribution in [0.15, 0.2) is 91.0 Å². The molecular weight excluding hydrogens is 406 g/mol. The van der Waals surface area contributed by atoms with Crippen molar-refractivity contribution in [3.05, 3.63) is 108 Å². The molecule has 3 aromatic rings. The molecule has 0 heterocycles. The number of benzene rings is 3. The summed E-state index contributed by atoms with van der Waals surface area (Å²) in [5, 5.41) is 21.7. The van der Waals surface area contributed by atoms with E-state index in [9.17, 15) is 24.6 Å². The molecule has 0 bridgehead atoms. The minimum absolute atomic E-state index is 0.122. The molecule has 6 nitrogen and oxygen atoms in total. The fraction of sp³-hybridized carbons (Fsp3) is 0.192. The standard InChI is InChI=1S/C16H15NO3.C10H12O2/c18-11-14(19)15(12-7-3-1-4-8-12)17-16(20)13-9-5-2-6-10-13;1-8(10(12)7-11)9-5-3-2-4-6-9/h1-11,14-15,19H,(H,17,20);2-8,10,12H,1H3/t14-,15-;8-,10-/m00/s1. The van der Waals surface area contributed by atoms with E-state index in [1.807, 2.05) is 49.4 Å². The predicted molar refractivity (Wildman–Crippen MR) is 122 cm³/mol. The molecule has 3 N–H and O–H groups in total. The van der Waals surface area contributed by atoms with Crippen LogP contribution in [0.4, 0.5) is 0 Å². The van der Waals surface area contributed by atoms with Crippen molar-refractivity contribution >= 4 is 18.5 Å². The topological polar surface area (TPSA) is 104 Å². The first-order chi connectivity index (χ1) is 15.5. The van der Waals surface area contributed by atoms with Crippen LogP contribution in [0.25, 0.3) is 0 Å². The quantitative estimate of drug-likeness (QED) is 0.474. The number of amides is 1. The smallest absolute Gasteiger partial charge is 0.251 e. The van der Waals surface area contributed by atoms with E-state index < -0.39 is 18.2 Å². The molecular formula is C26H27NO5. The van der Waals surface area contributed by atoms with Crippen LogP contribution in [0.1, 0.15) is 40.4 Å². The summed E-state index contributed by atoms with van der Waals surface area (Å²) in [7, 11) is 0. The molecule has 6 heteroatoms. The fourth-order valence-electron chi connectivity index (χ4n) is 2.99. The molecule has 3 aromatic carbocycles. The Morgan fingerprint density at radius 3 is 1.62 bits per heavy atom. The van der Waals surface area contributed by atoms with Crippen LogP contribution in [-0.4, -0.2) is 40.9 Å². The summed E-state index contributed by atoms with van der Waals surface area (Å²) in [4.78, 5) is 33.2. The van der Waals surface area contributed by atoms with E-state index in [-0.39, 0.29) is 11.8 Å². The van der Waals surface area contributed by atoms with Crippen LogP contribution in [0.5, 0.6) is 0 Å². The molecule has 4 atom stereocenters. The Morgan fingerprint density at radius 2 is 1.16 bits per heavy atom. The summed E-state index contributed by atoms with van der Waals surface area (Å²) in [6, 6.07) is 26.3. The first-order valence-corrected chi connectivity index (χ1v) is 10.2. The number of aldehydes is 2. The number of carbonyl (C=O) groups is 3. The maximum Gasteiger partial charge on any atom is 0.251 e. The van der Waals surface area contributed by atoms with Crippen LogP contribution >= 0.6 is 0 Å². The van der Waals surface area contributed by atoms with Crippen LogP contribution < -0.4 is 5.32 Å². The fourth-order valence-corrected chi connectivity index (χ4v) is 2.99. The van der Waals surface area contributed by atoms with Crippen molar-refractivity contribution in [1.82, 2.24) is 5.32 Å². The summed E-state index contributed by atoms with van der Waals surface area (Å²) < 4.78 is 0. The van der Waals surface area contributed by atoms with Crippen molar-refractivity contribution in [2.24, 2.45) is 0 Å². The molecule has 0 unspecified atom stereocenters. The van der Waals surface area contributed by atoms with Gasteiger partial charge in [-0.3, -0.25) is 4.79 Å². The number of aliphatic hydroxyl groups is 2. The summed E-state index contributed by atoms with van der Waals surface area (Å²) >= 11 is 0. The summed E-state index contributed by atoms with van der Waals surface area (Å²) in [6.07, 6.45) is -1.20. The van der Waals surface area contributed by atoms with Crippen molar-refractivity contribution in [3.8, 4) is 0 Å². The summed E-state index contributed by atoms with van der Waals surface area (Å²) in [6.45, 7) is 1.83. The van der Waals surface area contributed by atoms with E-state index in [1.54, 1.807) is 48.5 Å². The van der Waals surface area contributed by atoms with E-state index >= 15 is 0 Å². The van der Waals surface area contributed by atoms with Gasteiger partial charge in [0.1, 0.15) is 18.5 Å². The van der Waals surface area contributed by atoms with Gasteiger partial charge in [-0.2, -0.15) is 0 Å². The van der Waals surface area contributed by atoms with Gasteiger partial charge in [0.15, 0.2) is 6.29 Å². The lowest BCUT2D eigenvalue weighted by molar-refractivity contribution is -0.116. The zero-order chi connectivity index (χ0) is 23.3. The predicted octanol–water partition coefficient (Wildman–Crippen LogP) is 3.07. The maximum absolute atomic E-state index is 12.1. The van der Waals surface area contributed by atoms with Gasteiger partial charge in [0, 0.05) is 11.5 Å². The van der Waals surface area contributed by atoms with Crippen molar-refractivity contribution in [2.75, 3.05) is 0 Å². The first kappa shape index (κ1) is 24.7. The second-order valence-corrected chi connectivity index (χ2v) is 7.18. The Kier molecular flexibility index (Phi) is 9.97. The Balaban J connectivity index is 0.000000258. The Morgan fingerprint density at radius 1 is 0.719 bits per heavy atom. The third-order valence-corrected chi connectivity index (χ3v) is 4.94. The number of nitrogens with one attached hydrogen (secondary N) is 1. The molecule has 0 saturated carbocycles. The van der Waals surface area contributed by atoms with Gasteiger partial charge in [-0.25, -0.2) is 0 Å². The second kappa shape index (κ2) is 12.9. The molecule has 0 aliphatic rings. The van der Waals surface area contributed by atoms with E-state index in [2.05, 4.69) is 5.32 Å². The molecule has 0 aliphatic carbocycles.